The molecule has 0 bridgehead atoms. The van der Waals surface area contributed by atoms with E-state index in [0.717, 1.165) is 13.0 Å². The van der Waals surface area contributed by atoms with Crippen molar-refractivity contribution in [1.29, 1.82) is 0 Å². The minimum Gasteiger partial charge on any atom is -0.481 e. The van der Waals surface area contributed by atoms with Crippen LogP contribution in [0.4, 0.5) is 0 Å². The summed E-state index contributed by atoms with van der Waals surface area (Å²) in [7, 11) is 0. The van der Waals surface area contributed by atoms with Gasteiger partial charge in [-0.25, -0.2) is 0 Å². The molecule has 0 radical (unpaired) electrons. The molecule has 0 aromatic rings. The zero-order valence-electron chi connectivity index (χ0n) is 8.38. The molecule has 0 saturated heterocycles. The van der Waals surface area contributed by atoms with Crippen molar-refractivity contribution >= 4 is 17.7 Å². The standard InChI is InChI=1S/C9H19NO2S/c1-8(7-9(11)12)10-5-3-4-6-13-2/h8,10H,3-7H2,1-2H3,(H,11,12). The van der Waals surface area contributed by atoms with Gasteiger partial charge in [0.1, 0.15) is 0 Å². The molecule has 78 valence electrons. The van der Waals surface area contributed by atoms with Gasteiger partial charge in [-0.1, -0.05) is 0 Å². The SMILES string of the molecule is CSCCCCNC(C)CC(=O)O. The second-order valence-electron chi connectivity index (χ2n) is 3.15. The van der Waals surface area contributed by atoms with E-state index in [9.17, 15) is 4.79 Å². The van der Waals surface area contributed by atoms with E-state index in [4.69, 9.17) is 5.11 Å². The number of rotatable bonds is 8. The molecule has 13 heavy (non-hydrogen) atoms. The van der Waals surface area contributed by atoms with Gasteiger partial charge in [0.05, 0.1) is 6.42 Å². The molecule has 0 aliphatic carbocycles. The molecule has 0 rings (SSSR count). The van der Waals surface area contributed by atoms with Crippen LogP contribution in [0.2, 0.25) is 0 Å². The highest BCUT2D eigenvalue weighted by Gasteiger charge is 2.05. The van der Waals surface area contributed by atoms with Crippen LogP contribution in [-0.2, 0) is 4.79 Å². The van der Waals surface area contributed by atoms with Gasteiger partial charge in [0.2, 0.25) is 0 Å². The van der Waals surface area contributed by atoms with Gasteiger partial charge in [-0.15, -0.1) is 0 Å². The lowest BCUT2D eigenvalue weighted by Crippen LogP contribution is -2.29. The smallest absolute Gasteiger partial charge is 0.304 e. The minimum atomic E-state index is -0.732. The van der Waals surface area contributed by atoms with E-state index in [1.54, 1.807) is 0 Å². The quantitative estimate of drug-likeness (QED) is 0.591. The fraction of sp³-hybridized carbons (Fsp3) is 0.889. The zero-order chi connectivity index (χ0) is 10.1. The van der Waals surface area contributed by atoms with Crippen molar-refractivity contribution in [2.75, 3.05) is 18.6 Å². The maximum absolute atomic E-state index is 10.3. The van der Waals surface area contributed by atoms with Gasteiger partial charge in [-0.05, 0) is 38.3 Å². The topological polar surface area (TPSA) is 49.3 Å². The van der Waals surface area contributed by atoms with Crippen molar-refractivity contribution < 1.29 is 9.90 Å². The Bertz CT molecular complexity index is 142. The van der Waals surface area contributed by atoms with Crippen LogP contribution in [0, 0.1) is 0 Å². The van der Waals surface area contributed by atoms with Crippen molar-refractivity contribution in [1.82, 2.24) is 5.32 Å². The maximum Gasteiger partial charge on any atom is 0.304 e. The Hall–Kier alpha value is -0.220. The van der Waals surface area contributed by atoms with E-state index in [0.29, 0.717) is 0 Å². The van der Waals surface area contributed by atoms with Crippen LogP contribution in [0.3, 0.4) is 0 Å². The Labute approximate surface area is 84.3 Å². The third kappa shape index (κ3) is 9.70. The zero-order valence-corrected chi connectivity index (χ0v) is 9.19. The Kier molecular flexibility index (Phi) is 8.24. The molecular formula is C9H19NO2S. The minimum absolute atomic E-state index is 0.0896. The molecule has 0 heterocycles. The lowest BCUT2D eigenvalue weighted by Gasteiger charge is -2.10. The largest absolute Gasteiger partial charge is 0.481 e. The molecule has 0 amide bonds. The highest BCUT2D eigenvalue weighted by molar-refractivity contribution is 7.98. The molecule has 0 aromatic heterocycles. The summed E-state index contributed by atoms with van der Waals surface area (Å²) < 4.78 is 0. The Morgan fingerprint density at radius 3 is 2.77 bits per heavy atom. The molecule has 0 aliphatic rings. The summed E-state index contributed by atoms with van der Waals surface area (Å²) >= 11 is 1.85. The summed E-state index contributed by atoms with van der Waals surface area (Å²) in [5.74, 6) is 0.457. The van der Waals surface area contributed by atoms with Crippen molar-refractivity contribution in [3.63, 3.8) is 0 Å². The average Bonchev–Trinajstić information content (AvgIpc) is 2.02. The molecule has 0 spiro atoms. The first-order valence-corrected chi connectivity index (χ1v) is 6.00. The first kappa shape index (κ1) is 12.8. The number of hydrogen-bond acceptors (Lipinski definition) is 3. The van der Waals surface area contributed by atoms with Crippen molar-refractivity contribution in [2.24, 2.45) is 0 Å². The Balaban J connectivity index is 3.17. The van der Waals surface area contributed by atoms with Crippen molar-refractivity contribution in [3.8, 4) is 0 Å². The van der Waals surface area contributed by atoms with Gasteiger partial charge < -0.3 is 10.4 Å². The number of carboxylic acid groups (broad SMARTS) is 1. The lowest BCUT2D eigenvalue weighted by atomic mass is 10.2. The van der Waals surface area contributed by atoms with Crippen LogP contribution in [0.25, 0.3) is 0 Å². The highest BCUT2D eigenvalue weighted by atomic mass is 32.2. The first-order chi connectivity index (χ1) is 6.16. The normalized spacial score (nSPS) is 12.8. The van der Waals surface area contributed by atoms with E-state index in [-0.39, 0.29) is 12.5 Å². The summed E-state index contributed by atoms with van der Waals surface area (Å²) in [5.41, 5.74) is 0. The van der Waals surface area contributed by atoms with Gasteiger partial charge in [-0.3, -0.25) is 4.79 Å². The van der Waals surface area contributed by atoms with Gasteiger partial charge in [0.15, 0.2) is 0 Å². The summed E-state index contributed by atoms with van der Waals surface area (Å²) in [4.78, 5) is 10.3. The van der Waals surface area contributed by atoms with Crippen LogP contribution in [0.15, 0.2) is 0 Å². The fourth-order valence-corrected chi connectivity index (χ4v) is 1.55. The second kappa shape index (κ2) is 8.38. The third-order valence-electron chi connectivity index (χ3n) is 1.75. The van der Waals surface area contributed by atoms with E-state index < -0.39 is 5.97 Å². The van der Waals surface area contributed by atoms with Crippen LogP contribution >= 0.6 is 11.8 Å². The summed E-state index contributed by atoms with van der Waals surface area (Å²) in [5, 5.41) is 11.7. The molecular weight excluding hydrogens is 186 g/mol. The summed E-state index contributed by atoms with van der Waals surface area (Å²) in [6.07, 6.45) is 4.64. The molecule has 1 unspecified atom stereocenters. The number of nitrogens with one attached hydrogen (secondary N) is 1. The number of hydrogen-bond donors (Lipinski definition) is 2. The predicted molar refractivity (Wildman–Crippen MR) is 57.3 cm³/mol. The predicted octanol–water partition coefficient (Wildman–Crippen LogP) is 1.58. The van der Waals surface area contributed by atoms with E-state index in [1.807, 2.05) is 18.7 Å². The Morgan fingerprint density at radius 2 is 2.23 bits per heavy atom. The van der Waals surface area contributed by atoms with Gasteiger partial charge in [-0.2, -0.15) is 11.8 Å². The summed E-state index contributed by atoms with van der Waals surface area (Å²) in [6, 6.07) is 0.0896. The number of aliphatic carboxylic acids is 1. The van der Waals surface area contributed by atoms with Crippen LogP contribution < -0.4 is 5.32 Å². The van der Waals surface area contributed by atoms with Crippen LogP contribution in [0.1, 0.15) is 26.2 Å². The van der Waals surface area contributed by atoms with E-state index in [2.05, 4.69) is 11.6 Å². The number of carboxylic acids is 1. The molecule has 0 aliphatic heterocycles. The number of unbranched alkanes of at least 4 members (excludes halogenated alkanes) is 1. The molecule has 1 atom stereocenters. The maximum atomic E-state index is 10.3. The molecule has 3 nitrogen and oxygen atoms in total. The Morgan fingerprint density at radius 1 is 1.54 bits per heavy atom. The molecule has 0 aromatic carbocycles. The highest BCUT2D eigenvalue weighted by Crippen LogP contribution is 1.98. The second-order valence-corrected chi connectivity index (χ2v) is 4.14. The van der Waals surface area contributed by atoms with Gasteiger partial charge in [0.25, 0.3) is 0 Å². The molecule has 0 fully saturated rings. The van der Waals surface area contributed by atoms with Crippen LogP contribution in [0.5, 0.6) is 0 Å². The van der Waals surface area contributed by atoms with Crippen LogP contribution in [-0.4, -0.2) is 35.7 Å². The van der Waals surface area contributed by atoms with E-state index in [1.165, 1.54) is 12.2 Å². The number of thioether (sulfide) groups is 1. The van der Waals surface area contributed by atoms with E-state index >= 15 is 0 Å². The lowest BCUT2D eigenvalue weighted by molar-refractivity contribution is -0.137. The number of carbonyl (C=O) groups is 1. The molecule has 0 saturated carbocycles. The van der Waals surface area contributed by atoms with Crippen molar-refractivity contribution in [2.45, 2.75) is 32.2 Å². The first-order valence-electron chi connectivity index (χ1n) is 4.61. The van der Waals surface area contributed by atoms with Gasteiger partial charge >= 0.3 is 5.97 Å². The average molecular weight is 205 g/mol. The van der Waals surface area contributed by atoms with Crippen molar-refractivity contribution in [3.05, 3.63) is 0 Å². The molecule has 2 N–H and O–H groups in total. The fourth-order valence-electron chi connectivity index (χ4n) is 1.05. The third-order valence-corrected chi connectivity index (χ3v) is 2.45. The molecule has 4 heteroatoms. The van der Waals surface area contributed by atoms with Gasteiger partial charge in [0, 0.05) is 6.04 Å². The summed E-state index contributed by atoms with van der Waals surface area (Å²) in [6.45, 7) is 2.83. The monoisotopic (exact) mass is 205 g/mol.